The Balaban J connectivity index is 1.64. The number of halogens is 1. The minimum absolute atomic E-state index is 0.128. The van der Waals surface area contributed by atoms with Gasteiger partial charge in [0.25, 0.3) is 0 Å². The van der Waals surface area contributed by atoms with Gasteiger partial charge in [0.15, 0.2) is 5.78 Å². The van der Waals surface area contributed by atoms with E-state index in [1.807, 2.05) is 12.1 Å². The van der Waals surface area contributed by atoms with Gasteiger partial charge in [0.1, 0.15) is 0 Å². The summed E-state index contributed by atoms with van der Waals surface area (Å²) in [5, 5.41) is 0.680. The van der Waals surface area contributed by atoms with E-state index in [0.717, 1.165) is 57.6 Å². The lowest BCUT2D eigenvalue weighted by Gasteiger charge is -2.39. The molecule has 1 aromatic rings. The van der Waals surface area contributed by atoms with Crippen molar-refractivity contribution in [2.45, 2.75) is 31.7 Å². The number of piperidine rings is 1. The number of carbonyl (C=O) groups excluding carboxylic acids is 1. The van der Waals surface area contributed by atoms with E-state index in [0.29, 0.717) is 11.1 Å². The summed E-state index contributed by atoms with van der Waals surface area (Å²) in [6.45, 7) is 3.73. The van der Waals surface area contributed by atoms with Crippen LogP contribution in [0.15, 0.2) is 24.3 Å². The first kappa shape index (κ1) is 15.0. The molecule has 114 valence electrons. The molecule has 0 aliphatic carbocycles. The number of likely N-dealkylation sites (tertiary alicyclic amines) is 1. The molecule has 0 N–H and O–H groups in total. The molecule has 0 saturated carbocycles. The van der Waals surface area contributed by atoms with Gasteiger partial charge in [-0.1, -0.05) is 11.6 Å². The zero-order valence-corrected chi connectivity index (χ0v) is 13.0. The van der Waals surface area contributed by atoms with Crippen molar-refractivity contribution in [2.75, 3.05) is 26.3 Å². The van der Waals surface area contributed by atoms with E-state index in [2.05, 4.69) is 4.90 Å². The lowest BCUT2D eigenvalue weighted by atomic mass is 9.88. The molecule has 2 aliphatic rings. The van der Waals surface area contributed by atoms with Crippen molar-refractivity contribution in [2.24, 2.45) is 5.92 Å². The van der Waals surface area contributed by atoms with Crippen LogP contribution in [-0.2, 0) is 4.74 Å². The number of rotatable bonds is 3. The van der Waals surface area contributed by atoms with Crippen LogP contribution in [0.1, 0.15) is 36.0 Å². The topological polar surface area (TPSA) is 29.5 Å². The Labute approximate surface area is 131 Å². The van der Waals surface area contributed by atoms with E-state index in [4.69, 9.17) is 16.3 Å². The Morgan fingerprint density at radius 3 is 2.57 bits per heavy atom. The number of ether oxygens (including phenoxy) is 1. The van der Waals surface area contributed by atoms with Crippen molar-refractivity contribution in [1.29, 1.82) is 0 Å². The van der Waals surface area contributed by atoms with Gasteiger partial charge in [-0.15, -0.1) is 0 Å². The first-order valence-corrected chi connectivity index (χ1v) is 8.23. The highest BCUT2D eigenvalue weighted by atomic mass is 35.5. The second-order valence-electron chi connectivity index (χ2n) is 6.05. The van der Waals surface area contributed by atoms with Crippen molar-refractivity contribution in [1.82, 2.24) is 4.90 Å². The predicted molar refractivity (Wildman–Crippen MR) is 83.9 cm³/mol. The number of Topliss-reactive ketones (excluding diaryl/α,β-unsaturated/α-hetero) is 1. The SMILES string of the molecule is O=C(c1ccc(Cl)cc1)C1CCCN(C2CCOCC2)C1. The largest absolute Gasteiger partial charge is 0.381 e. The quantitative estimate of drug-likeness (QED) is 0.801. The van der Waals surface area contributed by atoms with Crippen LogP contribution in [-0.4, -0.2) is 43.0 Å². The number of ketones is 1. The van der Waals surface area contributed by atoms with Gasteiger partial charge in [-0.25, -0.2) is 0 Å². The van der Waals surface area contributed by atoms with Gasteiger partial charge >= 0.3 is 0 Å². The molecule has 0 radical (unpaired) electrons. The van der Waals surface area contributed by atoms with Crippen LogP contribution in [0, 0.1) is 5.92 Å². The first-order valence-electron chi connectivity index (χ1n) is 7.85. The molecule has 2 saturated heterocycles. The molecule has 4 heteroatoms. The van der Waals surface area contributed by atoms with Gasteiger partial charge in [-0.2, -0.15) is 0 Å². The fourth-order valence-electron chi connectivity index (χ4n) is 3.45. The first-order chi connectivity index (χ1) is 10.2. The minimum atomic E-state index is 0.128. The molecule has 2 fully saturated rings. The van der Waals surface area contributed by atoms with E-state index >= 15 is 0 Å². The molecule has 0 spiro atoms. The van der Waals surface area contributed by atoms with E-state index in [-0.39, 0.29) is 11.7 Å². The van der Waals surface area contributed by atoms with Crippen LogP contribution in [0.4, 0.5) is 0 Å². The van der Waals surface area contributed by atoms with E-state index < -0.39 is 0 Å². The van der Waals surface area contributed by atoms with Crippen LogP contribution in [0.5, 0.6) is 0 Å². The van der Waals surface area contributed by atoms with Gasteiger partial charge in [0.2, 0.25) is 0 Å². The van der Waals surface area contributed by atoms with Gasteiger partial charge in [-0.3, -0.25) is 9.69 Å². The zero-order chi connectivity index (χ0) is 14.7. The minimum Gasteiger partial charge on any atom is -0.381 e. The maximum Gasteiger partial charge on any atom is 0.167 e. The van der Waals surface area contributed by atoms with Crippen molar-refractivity contribution >= 4 is 17.4 Å². The third kappa shape index (κ3) is 3.65. The molecule has 3 nitrogen and oxygen atoms in total. The summed E-state index contributed by atoms with van der Waals surface area (Å²) in [6.07, 6.45) is 4.31. The Kier molecular flexibility index (Phi) is 4.94. The second-order valence-corrected chi connectivity index (χ2v) is 6.49. The number of benzene rings is 1. The highest BCUT2D eigenvalue weighted by molar-refractivity contribution is 6.30. The van der Waals surface area contributed by atoms with Crippen molar-refractivity contribution in [3.8, 4) is 0 Å². The Hall–Kier alpha value is -0.900. The zero-order valence-electron chi connectivity index (χ0n) is 12.3. The summed E-state index contributed by atoms with van der Waals surface area (Å²) in [7, 11) is 0. The van der Waals surface area contributed by atoms with Crippen LogP contribution in [0.3, 0.4) is 0 Å². The van der Waals surface area contributed by atoms with Crippen molar-refractivity contribution in [3.05, 3.63) is 34.9 Å². The lowest BCUT2D eigenvalue weighted by molar-refractivity contribution is 0.0183. The molecular weight excluding hydrogens is 286 g/mol. The van der Waals surface area contributed by atoms with Crippen molar-refractivity contribution < 1.29 is 9.53 Å². The molecule has 0 aromatic heterocycles. The predicted octanol–water partition coefficient (Wildman–Crippen LogP) is 3.41. The molecular formula is C17H22ClNO2. The van der Waals surface area contributed by atoms with Gasteiger partial charge < -0.3 is 4.74 Å². The molecule has 0 bridgehead atoms. The summed E-state index contributed by atoms with van der Waals surface area (Å²) in [6, 6.07) is 7.89. The Morgan fingerprint density at radius 2 is 1.86 bits per heavy atom. The molecule has 2 aliphatic heterocycles. The molecule has 3 rings (SSSR count). The van der Waals surface area contributed by atoms with Gasteiger partial charge in [0.05, 0.1) is 0 Å². The number of nitrogens with zero attached hydrogens (tertiary/aromatic N) is 1. The second kappa shape index (κ2) is 6.91. The number of carbonyl (C=O) groups is 1. The molecule has 1 atom stereocenters. The highest BCUT2D eigenvalue weighted by Crippen LogP contribution is 2.26. The standard InChI is InChI=1S/C17H22ClNO2/c18-15-5-3-13(4-6-15)17(20)14-2-1-9-19(12-14)16-7-10-21-11-8-16/h3-6,14,16H,1-2,7-12H2. The lowest BCUT2D eigenvalue weighted by Crippen LogP contribution is -2.46. The van der Waals surface area contributed by atoms with Crippen molar-refractivity contribution in [3.63, 3.8) is 0 Å². The summed E-state index contributed by atoms with van der Waals surface area (Å²) >= 11 is 5.90. The molecule has 0 amide bonds. The summed E-state index contributed by atoms with van der Waals surface area (Å²) in [5.41, 5.74) is 0.790. The third-order valence-corrected chi connectivity index (χ3v) is 4.91. The summed E-state index contributed by atoms with van der Waals surface area (Å²) in [5.74, 6) is 0.395. The average molecular weight is 308 g/mol. The van der Waals surface area contributed by atoms with Crippen LogP contribution >= 0.6 is 11.6 Å². The molecule has 1 unspecified atom stereocenters. The Bertz CT molecular complexity index is 482. The maximum atomic E-state index is 12.6. The Morgan fingerprint density at radius 1 is 1.14 bits per heavy atom. The van der Waals surface area contributed by atoms with E-state index in [9.17, 15) is 4.79 Å². The fraction of sp³-hybridized carbons (Fsp3) is 0.588. The average Bonchev–Trinajstić information content (AvgIpc) is 2.56. The van der Waals surface area contributed by atoms with Crippen LogP contribution in [0.2, 0.25) is 5.02 Å². The van der Waals surface area contributed by atoms with E-state index in [1.54, 1.807) is 12.1 Å². The van der Waals surface area contributed by atoms with Gasteiger partial charge in [0, 0.05) is 42.3 Å². The fourth-order valence-corrected chi connectivity index (χ4v) is 3.58. The van der Waals surface area contributed by atoms with E-state index in [1.165, 1.54) is 0 Å². The maximum absolute atomic E-state index is 12.6. The molecule has 2 heterocycles. The highest BCUT2D eigenvalue weighted by Gasteiger charge is 2.30. The van der Waals surface area contributed by atoms with Gasteiger partial charge in [-0.05, 0) is 56.5 Å². The summed E-state index contributed by atoms with van der Waals surface area (Å²) < 4.78 is 5.44. The summed E-state index contributed by atoms with van der Waals surface area (Å²) in [4.78, 5) is 15.1. The third-order valence-electron chi connectivity index (χ3n) is 4.66. The molecule has 1 aromatic carbocycles. The number of hydrogen-bond acceptors (Lipinski definition) is 3. The monoisotopic (exact) mass is 307 g/mol. The molecule has 21 heavy (non-hydrogen) atoms. The van der Waals surface area contributed by atoms with Crippen LogP contribution < -0.4 is 0 Å². The number of hydrogen-bond donors (Lipinski definition) is 0. The smallest absolute Gasteiger partial charge is 0.167 e. The van der Waals surface area contributed by atoms with Crippen LogP contribution in [0.25, 0.3) is 0 Å². The normalized spacial score (nSPS) is 24.9.